The van der Waals surface area contributed by atoms with Crippen molar-refractivity contribution in [1.29, 1.82) is 0 Å². The standard InChI is InChI=1S/C4H7NO4.Ti/c5-2(4(8)9)1-3(6)7;/h2H,1,5H2,(H,6,7)(H,8,9);/t2-;/m0./s1. The van der Waals surface area contributed by atoms with E-state index in [-0.39, 0.29) is 21.7 Å². The van der Waals surface area contributed by atoms with Crippen LogP contribution in [0.1, 0.15) is 6.42 Å². The first-order valence-electron chi connectivity index (χ1n) is 2.24. The molecule has 0 aromatic carbocycles. The molecule has 56 valence electrons. The van der Waals surface area contributed by atoms with Crippen molar-refractivity contribution in [1.82, 2.24) is 0 Å². The minimum Gasteiger partial charge on any atom is -0.481 e. The molecule has 0 aliphatic rings. The van der Waals surface area contributed by atoms with Crippen LogP contribution in [0.25, 0.3) is 0 Å². The fourth-order valence-electron chi connectivity index (χ4n) is 0.275. The van der Waals surface area contributed by atoms with Gasteiger partial charge in [0, 0.05) is 21.7 Å². The Labute approximate surface area is 72.1 Å². The van der Waals surface area contributed by atoms with Gasteiger partial charge in [-0.3, -0.25) is 9.59 Å². The molecule has 0 spiro atoms. The van der Waals surface area contributed by atoms with Gasteiger partial charge in [-0.05, 0) is 0 Å². The molecule has 0 aliphatic carbocycles. The summed E-state index contributed by atoms with van der Waals surface area (Å²) in [4.78, 5) is 19.6. The molecule has 1 atom stereocenters. The minimum absolute atomic E-state index is 0. The first kappa shape index (κ1) is 12.3. The van der Waals surface area contributed by atoms with Gasteiger partial charge >= 0.3 is 11.9 Å². The number of hydrogen-bond acceptors (Lipinski definition) is 3. The van der Waals surface area contributed by atoms with Crippen LogP contribution in [-0.4, -0.2) is 28.2 Å². The maximum absolute atomic E-state index is 9.85. The number of rotatable bonds is 3. The molecule has 0 rings (SSSR count). The van der Waals surface area contributed by atoms with Crippen molar-refractivity contribution in [2.75, 3.05) is 0 Å². The smallest absolute Gasteiger partial charge is 0.321 e. The second-order valence-corrected chi connectivity index (χ2v) is 1.54. The summed E-state index contributed by atoms with van der Waals surface area (Å²) in [5.74, 6) is -2.50. The van der Waals surface area contributed by atoms with Crippen LogP contribution in [0.3, 0.4) is 0 Å². The Balaban J connectivity index is 0. The van der Waals surface area contributed by atoms with Crippen LogP contribution in [-0.2, 0) is 31.3 Å². The Morgan fingerprint density at radius 1 is 1.40 bits per heavy atom. The molecule has 0 aromatic rings. The molecule has 0 saturated carbocycles. The van der Waals surface area contributed by atoms with E-state index in [1.54, 1.807) is 0 Å². The van der Waals surface area contributed by atoms with Crippen LogP contribution >= 0.6 is 0 Å². The topological polar surface area (TPSA) is 101 Å². The second-order valence-electron chi connectivity index (χ2n) is 1.54. The van der Waals surface area contributed by atoms with E-state index in [0.29, 0.717) is 0 Å². The molecule has 0 aromatic heterocycles. The van der Waals surface area contributed by atoms with Gasteiger partial charge in [0.25, 0.3) is 0 Å². The summed E-state index contributed by atoms with van der Waals surface area (Å²) in [7, 11) is 0. The second kappa shape index (κ2) is 5.40. The molecule has 0 aliphatic heterocycles. The summed E-state index contributed by atoms with van der Waals surface area (Å²) < 4.78 is 0. The summed E-state index contributed by atoms with van der Waals surface area (Å²) in [6.45, 7) is 0. The Bertz CT molecular complexity index is 137. The zero-order valence-corrected chi connectivity index (χ0v) is 6.63. The fraction of sp³-hybridized carbons (Fsp3) is 0.500. The third-order valence-electron chi connectivity index (χ3n) is 0.712. The Kier molecular flexibility index (Phi) is 6.65. The summed E-state index contributed by atoms with van der Waals surface area (Å²) in [6.07, 6.45) is -0.532. The third-order valence-corrected chi connectivity index (χ3v) is 0.712. The number of carbonyl (C=O) groups is 2. The molecule has 0 fully saturated rings. The predicted octanol–water partition coefficient (Wildman–Crippen LogP) is -1.13. The van der Waals surface area contributed by atoms with Gasteiger partial charge in [0.05, 0.1) is 6.42 Å². The quantitative estimate of drug-likeness (QED) is 0.478. The summed E-state index contributed by atoms with van der Waals surface area (Å²) in [6, 6.07) is -1.29. The molecular weight excluding hydrogens is 174 g/mol. The monoisotopic (exact) mass is 181 g/mol. The molecule has 0 bridgehead atoms. The number of carboxylic acid groups (broad SMARTS) is 2. The largest absolute Gasteiger partial charge is 0.481 e. The first-order valence-corrected chi connectivity index (χ1v) is 2.24. The SMILES string of the molecule is N[C@@H](CC(=O)O)C(=O)O.[Ti]. The Morgan fingerprint density at radius 3 is 1.90 bits per heavy atom. The molecule has 5 nitrogen and oxygen atoms in total. The van der Waals surface area contributed by atoms with E-state index < -0.39 is 24.4 Å². The number of aliphatic carboxylic acids is 2. The Morgan fingerprint density at radius 2 is 1.80 bits per heavy atom. The molecular formula is C4H7NO4Ti. The van der Waals surface area contributed by atoms with Gasteiger partial charge < -0.3 is 15.9 Å². The number of nitrogens with two attached hydrogens (primary N) is 1. The van der Waals surface area contributed by atoms with Crippen molar-refractivity contribution in [2.45, 2.75) is 12.5 Å². The first-order chi connectivity index (χ1) is 4.04. The van der Waals surface area contributed by atoms with Crippen molar-refractivity contribution < 1.29 is 41.5 Å². The molecule has 4 N–H and O–H groups in total. The van der Waals surface area contributed by atoms with Crippen molar-refractivity contribution in [3.05, 3.63) is 0 Å². The van der Waals surface area contributed by atoms with Gasteiger partial charge in [-0.15, -0.1) is 0 Å². The van der Waals surface area contributed by atoms with Gasteiger partial charge in [-0.2, -0.15) is 0 Å². The van der Waals surface area contributed by atoms with E-state index in [9.17, 15) is 9.59 Å². The fourth-order valence-corrected chi connectivity index (χ4v) is 0.275. The third kappa shape index (κ3) is 5.75. The minimum atomic E-state index is -1.29. The maximum atomic E-state index is 9.85. The van der Waals surface area contributed by atoms with E-state index >= 15 is 0 Å². The molecule has 0 saturated heterocycles. The van der Waals surface area contributed by atoms with Gasteiger partial charge in [0.1, 0.15) is 6.04 Å². The number of carboxylic acids is 2. The van der Waals surface area contributed by atoms with Crippen molar-refractivity contribution in [3.63, 3.8) is 0 Å². The van der Waals surface area contributed by atoms with Gasteiger partial charge in [0.2, 0.25) is 0 Å². The zero-order valence-electron chi connectivity index (χ0n) is 5.07. The van der Waals surface area contributed by atoms with Crippen LogP contribution in [0, 0.1) is 0 Å². The molecule has 0 radical (unpaired) electrons. The average Bonchev–Trinajstić information content (AvgIpc) is 1.63. The van der Waals surface area contributed by atoms with E-state index in [0.717, 1.165) is 0 Å². The summed E-state index contributed by atoms with van der Waals surface area (Å²) in [5, 5.41) is 16.0. The zero-order chi connectivity index (χ0) is 7.44. The molecule has 0 unspecified atom stereocenters. The van der Waals surface area contributed by atoms with E-state index in [4.69, 9.17) is 15.9 Å². The van der Waals surface area contributed by atoms with Gasteiger partial charge in [0.15, 0.2) is 0 Å². The van der Waals surface area contributed by atoms with E-state index in [1.165, 1.54) is 0 Å². The summed E-state index contributed by atoms with van der Waals surface area (Å²) >= 11 is 0. The Hall–Kier alpha value is -0.386. The van der Waals surface area contributed by atoms with Gasteiger partial charge in [-0.1, -0.05) is 0 Å². The van der Waals surface area contributed by atoms with Crippen LogP contribution in [0.4, 0.5) is 0 Å². The predicted molar refractivity (Wildman–Crippen MR) is 27.9 cm³/mol. The average molecular weight is 181 g/mol. The van der Waals surface area contributed by atoms with Crippen molar-refractivity contribution in [2.24, 2.45) is 5.73 Å². The summed E-state index contributed by atoms with van der Waals surface area (Å²) in [5.41, 5.74) is 4.84. The maximum Gasteiger partial charge on any atom is 0.321 e. The molecule has 0 amide bonds. The van der Waals surface area contributed by atoms with E-state index in [2.05, 4.69) is 0 Å². The van der Waals surface area contributed by atoms with Crippen LogP contribution in [0.2, 0.25) is 0 Å². The van der Waals surface area contributed by atoms with E-state index in [1.807, 2.05) is 0 Å². The van der Waals surface area contributed by atoms with Crippen molar-refractivity contribution in [3.8, 4) is 0 Å². The van der Waals surface area contributed by atoms with Crippen LogP contribution in [0.5, 0.6) is 0 Å². The van der Waals surface area contributed by atoms with Crippen LogP contribution in [0.15, 0.2) is 0 Å². The normalized spacial score (nSPS) is 11.3. The molecule has 0 heterocycles. The van der Waals surface area contributed by atoms with Crippen LogP contribution < -0.4 is 5.73 Å². The van der Waals surface area contributed by atoms with Crippen molar-refractivity contribution >= 4 is 11.9 Å². The molecule has 6 heteroatoms. The van der Waals surface area contributed by atoms with Gasteiger partial charge in [-0.25, -0.2) is 0 Å². The molecule has 10 heavy (non-hydrogen) atoms. The number of hydrogen-bond donors (Lipinski definition) is 3.